The molecule has 0 aliphatic heterocycles. The van der Waals surface area contributed by atoms with Gasteiger partial charge in [0.1, 0.15) is 18.3 Å². The fourth-order valence-electron chi connectivity index (χ4n) is 4.98. The Kier molecular flexibility index (Phi) is 12.6. The number of ether oxygens (including phenoxy) is 1. The van der Waals surface area contributed by atoms with Gasteiger partial charge < -0.3 is 15.0 Å². The van der Waals surface area contributed by atoms with Crippen molar-refractivity contribution in [3.05, 3.63) is 123 Å². The summed E-state index contributed by atoms with van der Waals surface area (Å²) < 4.78 is 36.3. The summed E-state index contributed by atoms with van der Waals surface area (Å²) in [6, 6.07) is 27.5. The Bertz CT molecular complexity index is 1780. The Morgan fingerprint density at radius 1 is 0.872 bits per heavy atom. The van der Waals surface area contributed by atoms with Crippen molar-refractivity contribution < 1.29 is 22.7 Å². The fourth-order valence-corrected chi connectivity index (χ4v) is 7.56. The molecule has 0 radical (unpaired) electrons. The third kappa shape index (κ3) is 9.68. The number of hydrogen-bond donors (Lipinski definition) is 1. The summed E-state index contributed by atoms with van der Waals surface area (Å²) in [5.74, 6) is -0.174. The Hall–Kier alpha value is -3.67. The van der Waals surface area contributed by atoms with E-state index in [9.17, 15) is 18.0 Å². The summed E-state index contributed by atoms with van der Waals surface area (Å²) in [7, 11) is -2.76. The van der Waals surface area contributed by atoms with Crippen LogP contribution < -0.4 is 14.4 Å². The summed E-state index contributed by atoms with van der Waals surface area (Å²) in [5.41, 5.74) is 2.91. The van der Waals surface area contributed by atoms with Gasteiger partial charge in [-0.25, -0.2) is 8.42 Å². The zero-order chi connectivity index (χ0) is 34.1. The fraction of sp³-hybridized carbons (Fsp3) is 0.278. The minimum Gasteiger partial charge on any atom is -0.496 e. The second kappa shape index (κ2) is 16.4. The molecule has 8 nitrogen and oxygen atoms in total. The van der Waals surface area contributed by atoms with E-state index in [-0.39, 0.29) is 29.7 Å². The van der Waals surface area contributed by atoms with Crippen LogP contribution in [0.5, 0.6) is 5.75 Å². The molecule has 0 aliphatic rings. The number of carbonyl (C=O) groups is 2. The van der Waals surface area contributed by atoms with Gasteiger partial charge in [0.25, 0.3) is 10.0 Å². The number of sulfonamides is 1. The second-order valence-corrected chi connectivity index (χ2v) is 15.3. The maximum absolute atomic E-state index is 14.6. The van der Waals surface area contributed by atoms with Gasteiger partial charge in [-0.1, -0.05) is 89.9 Å². The normalized spacial score (nSPS) is 12.0. The summed E-state index contributed by atoms with van der Waals surface area (Å²) in [4.78, 5) is 30.0. The lowest BCUT2D eigenvalue weighted by Gasteiger charge is -2.34. The van der Waals surface area contributed by atoms with Gasteiger partial charge in [0.15, 0.2) is 0 Å². The molecular formula is C36H39Br2N3O5S. The van der Waals surface area contributed by atoms with Crippen LogP contribution in [0.15, 0.2) is 111 Å². The molecule has 4 aromatic rings. The molecule has 0 spiro atoms. The zero-order valence-corrected chi connectivity index (χ0v) is 30.8. The van der Waals surface area contributed by atoms with Gasteiger partial charge in [-0.2, -0.15) is 0 Å². The van der Waals surface area contributed by atoms with E-state index < -0.39 is 28.5 Å². The first-order chi connectivity index (χ1) is 22.4. The monoisotopic (exact) mass is 783 g/mol. The van der Waals surface area contributed by atoms with Crippen LogP contribution in [0.25, 0.3) is 0 Å². The van der Waals surface area contributed by atoms with E-state index in [0.29, 0.717) is 22.5 Å². The van der Waals surface area contributed by atoms with Crippen LogP contribution >= 0.6 is 31.9 Å². The molecule has 1 N–H and O–H groups in total. The number of halogens is 2. The van der Waals surface area contributed by atoms with Crippen LogP contribution in [0, 0.1) is 12.8 Å². The number of benzene rings is 4. The van der Waals surface area contributed by atoms with Crippen molar-refractivity contribution in [3.63, 3.8) is 0 Å². The number of amides is 2. The molecule has 47 heavy (non-hydrogen) atoms. The van der Waals surface area contributed by atoms with Crippen molar-refractivity contribution >= 4 is 59.4 Å². The molecule has 0 unspecified atom stereocenters. The minimum absolute atomic E-state index is 0.0207. The largest absolute Gasteiger partial charge is 0.496 e. The second-order valence-electron chi connectivity index (χ2n) is 11.6. The van der Waals surface area contributed by atoms with E-state index in [2.05, 4.69) is 37.2 Å². The highest BCUT2D eigenvalue weighted by Gasteiger charge is 2.35. The highest BCUT2D eigenvalue weighted by atomic mass is 79.9. The van der Waals surface area contributed by atoms with Crippen LogP contribution in [0.4, 0.5) is 5.69 Å². The molecule has 0 bridgehead atoms. The lowest BCUT2D eigenvalue weighted by Crippen LogP contribution is -2.53. The van der Waals surface area contributed by atoms with Gasteiger partial charge in [-0.3, -0.25) is 13.9 Å². The maximum Gasteiger partial charge on any atom is 0.264 e. The molecule has 1 atom stereocenters. The highest BCUT2D eigenvalue weighted by Crippen LogP contribution is 2.31. The van der Waals surface area contributed by atoms with Gasteiger partial charge in [0.05, 0.1) is 22.2 Å². The molecule has 2 amide bonds. The number of methoxy groups -OCH3 is 1. The van der Waals surface area contributed by atoms with Gasteiger partial charge in [0.2, 0.25) is 11.8 Å². The van der Waals surface area contributed by atoms with Gasteiger partial charge in [-0.15, -0.1) is 0 Å². The first kappa shape index (κ1) is 36.2. The molecular weight excluding hydrogens is 746 g/mol. The van der Waals surface area contributed by atoms with Crippen molar-refractivity contribution in [2.24, 2.45) is 5.92 Å². The predicted molar refractivity (Wildman–Crippen MR) is 193 cm³/mol. The van der Waals surface area contributed by atoms with Crippen LogP contribution in [0.3, 0.4) is 0 Å². The first-order valence-corrected chi connectivity index (χ1v) is 18.2. The number of hydrogen-bond acceptors (Lipinski definition) is 5. The van der Waals surface area contributed by atoms with E-state index in [4.69, 9.17) is 4.74 Å². The van der Waals surface area contributed by atoms with Crippen LogP contribution in [0.2, 0.25) is 0 Å². The standard InChI is InChI=1S/C36H39Br2N3O5S/c1-25(2)22-39-36(43)33(20-27-9-6-5-7-10-27)40(23-28-11-8-12-29(37)19-28)35(42)24-41(30-15-13-26(3)14-16-30)47(44,45)31-17-18-34(46-4)32(38)21-31/h5-19,21,25,33H,20,22-24H2,1-4H3,(H,39,43)/t33-/m0/s1. The average Bonchev–Trinajstić information content (AvgIpc) is 3.05. The molecule has 0 saturated heterocycles. The van der Waals surface area contributed by atoms with Crippen molar-refractivity contribution in [2.75, 3.05) is 24.5 Å². The van der Waals surface area contributed by atoms with Gasteiger partial charge in [0, 0.05) is 24.0 Å². The van der Waals surface area contributed by atoms with E-state index in [1.165, 1.54) is 24.1 Å². The number of carbonyl (C=O) groups excluding carboxylic acids is 2. The number of aryl methyl sites for hydroxylation is 1. The van der Waals surface area contributed by atoms with E-state index in [1.54, 1.807) is 30.3 Å². The van der Waals surface area contributed by atoms with Crippen molar-refractivity contribution in [2.45, 2.75) is 44.7 Å². The third-order valence-electron chi connectivity index (χ3n) is 7.51. The van der Waals surface area contributed by atoms with Crippen LogP contribution in [-0.4, -0.2) is 51.4 Å². The molecule has 0 fully saturated rings. The Balaban J connectivity index is 1.81. The summed E-state index contributed by atoms with van der Waals surface area (Å²) >= 11 is 6.90. The Labute approximate surface area is 294 Å². The molecule has 0 saturated carbocycles. The first-order valence-electron chi connectivity index (χ1n) is 15.2. The average molecular weight is 786 g/mol. The molecule has 4 aromatic carbocycles. The highest BCUT2D eigenvalue weighted by molar-refractivity contribution is 9.10. The van der Waals surface area contributed by atoms with Gasteiger partial charge >= 0.3 is 0 Å². The number of rotatable bonds is 14. The van der Waals surface area contributed by atoms with Crippen LogP contribution in [-0.2, 0) is 32.6 Å². The summed E-state index contributed by atoms with van der Waals surface area (Å²) in [6.07, 6.45) is 0.243. The molecule has 0 aromatic heterocycles. The quantitative estimate of drug-likeness (QED) is 0.147. The zero-order valence-electron chi connectivity index (χ0n) is 26.8. The SMILES string of the molecule is COc1ccc(S(=O)(=O)N(CC(=O)N(Cc2cccc(Br)c2)[C@@H](Cc2ccccc2)C(=O)NCC(C)C)c2ccc(C)cc2)cc1Br. The lowest BCUT2D eigenvalue weighted by atomic mass is 10.0. The predicted octanol–water partition coefficient (Wildman–Crippen LogP) is 7.14. The maximum atomic E-state index is 14.6. The Morgan fingerprint density at radius 3 is 2.17 bits per heavy atom. The number of anilines is 1. The van der Waals surface area contributed by atoms with Gasteiger partial charge in [-0.05, 0) is 82.4 Å². The molecule has 11 heteroatoms. The van der Waals surface area contributed by atoms with Crippen molar-refractivity contribution in [1.29, 1.82) is 0 Å². The lowest BCUT2D eigenvalue weighted by molar-refractivity contribution is -0.140. The van der Waals surface area contributed by atoms with E-state index in [0.717, 1.165) is 25.5 Å². The Morgan fingerprint density at radius 2 is 1.55 bits per heavy atom. The third-order valence-corrected chi connectivity index (χ3v) is 10.4. The smallest absolute Gasteiger partial charge is 0.264 e. The summed E-state index contributed by atoms with van der Waals surface area (Å²) in [5, 5.41) is 3.01. The minimum atomic E-state index is -4.26. The molecule has 0 aliphatic carbocycles. The topological polar surface area (TPSA) is 96.0 Å². The molecule has 0 heterocycles. The number of nitrogens with one attached hydrogen (secondary N) is 1. The molecule has 4 rings (SSSR count). The van der Waals surface area contributed by atoms with Crippen LogP contribution in [0.1, 0.15) is 30.5 Å². The van der Waals surface area contributed by atoms with E-state index in [1.807, 2.05) is 75.4 Å². The van der Waals surface area contributed by atoms with E-state index >= 15 is 0 Å². The van der Waals surface area contributed by atoms with Crippen molar-refractivity contribution in [3.8, 4) is 5.75 Å². The number of nitrogens with zero attached hydrogens (tertiary/aromatic N) is 2. The van der Waals surface area contributed by atoms with Crippen molar-refractivity contribution in [1.82, 2.24) is 10.2 Å². The molecule has 248 valence electrons. The summed E-state index contributed by atoms with van der Waals surface area (Å²) in [6.45, 7) is 5.88.